The summed E-state index contributed by atoms with van der Waals surface area (Å²) in [6.07, 6.45) is 0.856. The lowest BCUT2D eigenvalue weighted by molar-refractivity contribution is 0.394. The third-order valence-electron chi connectivity index (χ3n) is 2.68. The highest BCUT2D eigenvalue weighted by Crippen LogP contribution is 2.32. The Bertz CT molecular complexity index is 611. The number of thioether (sulfide) groups is 1. The van der Waals surface area contributed by atoms with Crippen LogP contribution in [0.5, 0.6) is 11.5 Å². The van der Waals surface area contributed by atoms with E-state index in [0.717, 1.165) is 12.2 Å². The molecule has 0 atom stereocenters. The van der Waals surface area contributed by atoms with E-state index in [1.54, 1.807) is 6.07 Å². The van der Waals surface area contributed by atoms with E-state index in [0.29, 0.717) is 4.90 Å². The monoisotopic (exact) mass is 274 g/mol. The molecule has 2 aromatic rings. The number of aromatic hydroxyl groups is 2. The van der Waals surface area contributed by atoms with Crippen molar-refractivity contribution >= 4 is 11.8 Å². The fourth-order valence-electron chi connectivity index (χ4n) is 1.65. The highest BCUT2D eigenvalue weighted by molar-refractivity contribution is 7.99. The SMILES string of the molecule is O=c1cccc(SCCc2ccccc2)c(O)c1O. The zero-order chi connectivity index (χ0) is 13.7. The Kier molecular flexibility index (Phi) is 4.47. The standard InChI is InChI=1S/C15H14O3S/c16-12-7-4-8-13(15(18)14(12)17)19-10-9-11-5-2-1-3-6-11/h1-8H,9-10H2,(H2,16,17,18). The van der Waals surface area contributed by atoms with Crippen LogP contribution >= 0.6 is 11.8 Å². The van der Waals surface area contributed by atoms with Crippen LogP contribution in [0.2, 0.25) is 0 Å². The molecule has 0 unspecified atom stereocenters. The quantitative estimate of drug-likeness (QED) is 0.842. The maximum Gasteiger partial charge on any atom is 0.224 e. The first-order chi connectivity index (χ1) is 9.18. The van der Waals surface area contributed by atoms with Crippen molar-refractivity contribution in [3.05, 3.63) is 64.3 Å². The molecule has 0 aliphatic heterocycles. The van der Waals surface area contributed by atoms with Crippen LogP contribution < -0.4 is 5.43 Å². The number of hydrogen-bond acceptors (Lipinski definition) is 4. The summed E-state index contributed by atoms with van der Waals surface area (Å²) in [4.78, 5) is 11.8. The van der Waals surface area contributed by atoms with E-state index in [-0.39, 0.29) is 5.75 Å². The highest BCUT2D eigenvalue weighted by atomic mass is 32.2. The molecule has 0 saturated carbocycles. The Morgan fingerprint density at radius 3 is 2.37 bits per heavy atom. The normalized spacial score (nSPS) is 10.3. The van der Waals surface area contributed by atoms with Gasteiger partial charge in [0.1, 0.15) is 0 Å². The predicted molar refractivity (Wildman–Crippen MR) is 76.9 cm³/mol. The molecule has 0 aliphatic carbocycles. The molecule has 0 bridgehead atoms. The Hall–Kier alpha value is -1.94. The third-order valence-corrected chi connectivity index (χ3v) is 3.73. The van der Waals surface area contributed by atoms with E-state index in [2.05, 4.69) is 0 Å². The molecular weight excluding hydrogens is 260 g/mol. The van der Waals surface area contributed by atoms with Gasteiger partial charge in [-0.25, -0.2) is 0 Å². The van der Waals surface area contributed by atoms with E-state index in [1.807, 2.05) is 30.3 Å². The molecule has 0 spiro atoms. The zero-order valence-electron chi connectivity index (χ0n) is 10.2. The third kappa shape index (κ3) is 3.51. The van der Waals surface area contributed by atoms with Gasteiger partial charge in [0.05, 0.1) is 4.90 Å². The van der Waals surface area contributed by atoms with Crippen molar-refractivity contribution in [2.75, 3.05) is 5.75 Å². The average Bonchev–Trinajstić information content (AvgIpc) is 2.55. The van der Waals surface area contributed by atoms with Gasteiger partial charge in [0.15, 0.2) is 5.75 Å². The van der Waals surface area contributed by atoms with Crippen molar-refractivity contribution in [3.63, 3.8) is 0 Å². The van der Waals surface area contributed by atoms with E-state index < -0.39 is 11.2 Å². The fraction of sp³-hybridized carbons (Fsp3) is 0.133. The van der Waals surface area contributed by atoms with Crippen molar-refractivity contribution in [1.29, 1.82) is 0 Å². The molecule has 0 radical (unpaired) electrons. The van der Waals surface area contributed by atoms with Gasteiger partial charge in [-0.15, -0.1) is 11.8 Å². The summed E-state index contributed by atoms with van der Waals surface area (Å²) in [6.45, 7) is 0. The number of rotatable bonds is 4. The lowest BCUT2D eigenvalue weighted by Gasteiger charge is -2.03. The van der Waals surface area contributed by atoms with Gasteiger partial charge in [-0.05, 0) is 24.1 Å². The van der Waals surface area contributed by atoms with E-state index in [9.17, 15) is 15.0 Å². The van der Waals surface area contributed by atoms with E-state index in [4.69, 9.17) is 0 Å². The van der Waals surface area contributed by atoms with E-state index in [1.165, 1.54) is 29.5 Å². The summed E-state index contributed by atoms with van der Waals surface area (Å²) in [5, 5.41) is 19.3. The summed E-state index contributed by atoms with van der Waals surface area (Å²) < 4.78 is 0. The fourth-order valence-corrected chi connectivity index (χ4v) is 2.62. The second-order valence-electron chi connectivity index (χ2n) is 4.04. The van der Waals surface area contributed by atoms with Gasteiger partial charge >= 0.3 is 0 Å². The van der Waals surface area contributed by atoms with Crippen LogP contribution in [0, 0.1) is 0 Å². The van der Waals surface area contributed by atoms with Gasteiger partial charge < -0.3 is 10.2 Å². The van der Waals surface area contributed by atoms with Crippen molar-refractivity contribution in [3.8, 4) is 11.5 Å². The van der Waals surface area contributed by atoms with Crippen molar-refractivity contribution in [1.82, 2.24) is 0 Å². The first kappa shape index (κ1) is 13.5. The Labute approximate surface area is 115 Å². The minimum Gasteiger partial charge on any atom is -0.503 e. The molecule has 2 aromatic carbocycles. The van der Waals surface area contributed by atoms with Crippen LogP contribution in [0.4, 0.5) is 0 Å². The van der Waals surface area contributed by atoms with Gasteiger partial charge in [-0.1, -0.05) is 36.4 Å². The summed E-state index contributed by atoms with van der Waals surface area (Å²) in [6, 6.07) is 14.4. The smallest absolute Gasteiger partial charge is 0.224 e. The summed E-state index contributed by atoms with van der Waals surface area (Å²) in [5.74, 6) is -0.171. The molecule has 2 N–H and O–H groups in total. The summed E-state index contributed by atoms with van der Waals surface area (Å²) >= 11 is 1.41. The molecule has 0 heterocycles. The zero-order valence-corrected chi connectivity index (χ0v) is 11.1. The number of aryl methyl sites for hydroxylation is 1. The van der Waals surface area contributed by atoms with Crippen LogP contribution in [0.1, 0.15) is 5.56 Å². The van der Waals surface area contributed by atoms with Crippen molar-refractivity contribution in [2.45, 2.75) is 11.3 Å². The lowest BCUT2D eigenvalue weighted by atomic mass is 10.2. The Balaban J connectivity index is 2.07. The highest BCUT2D eigenvalue weighted by Gasteiger charge is 2.08. The van der Waals surface area contributed by atoms with Gasteiger partial charge in [-0.2, -0.15) is 0 Å². The summed E-state index contributed by atoms with van der Waals surface area (Å²) in [7, 11) is 0. The molecule has 19 heavy (non-hydrogen) atoms. The number of benzene rings is 1. The first-order valence-electron chi connectivity index (χ1n) is 5.90. The Morgan fingerprint density at radius 2 is 1.63 bits per heavy atom. The predicted octanol–water partition coefficient (Wildman–Crippen LogP) is 2.79. The van der Waals surface area contributed by atoms with Crippen LogP contribution in [0.15, 0.2) is 58.2 Å². The second kappa shape index (κ2) is 6.29. The van der Waals surface area contributed by atoms with Crippen LogP contribution in [-0.2, 0) is 6.42 Å². The Morgan fingerprint density at radius 1 is 0.895 bits per heavy atom. The molecule has 3 nitrogen and oxygen atoms in total. The molecule has 0 aliphatic rings. The summed E-state index contributed by atoms with van der Waals surface area (Å²) in [5.41, 5.74) is 0.635. The minimum absolute atomic E-state index is 0.340. The van der Waals surface area contributed by atoms with Crippen LogP contribution in [0.3, 0.4) is 0 Å². The molecule has 0 fully saturated rings. The second-order valence-corrected chi connectivity index (χ2v) is 5.17. The molecule has 0 saturated heterocycles. The molecule has 2 rings (SSSR count). The number of hydrogen-bond donors (Lipinski definition) is 2. The first-order valence-corrected chi connectivity index (χ1v) is 6.89. The van der Waals surface area contributed by atoms with Crippen molar-refractivity contribution < 1.29 is 10.2 Å². The van der Waals surface area contributed by atoms with Crippen LogP contribution in [-0.4, -0.2) is 16.0 Å². The van der Waals surface area contributed by atoms with Crippen molar-refractivity contribution in [2.24, 2.45) is 0 Å². The topological polar surface area (TPSA) is 57.5 Å². The minimum atomic E-state index is -0.591. The molecule has 0 aromatic heterocycles. The maximum atomic E-state index is 11.3. The van der Waals surface area contributed by atoms with Gasteiger partial charge in [0.25, 0.3) is 0 Å². The molecule has 4 heteroatoms. The largest absolute Gasteiger partial charge is 0.503 e. The maximum absolute atomic E-state index is 11.3. The van der Waals surface area contributed by atoms with Gasteiger partial charge in [0, 0.05) is 5.75 Å². The molecule has 98 valence electrons. The van der Waals surface area contributed by atoms with E-state index >= 15 is 0 Å². The average molecular weight is 274 g/mol. The molecule has 0 amide bonds. The lowest BCUT2D eigenvalue weighted by Crippen LogP contribution is -1.92. The van der Waals surface area contributed by atoms with Crippen LogP contribution in [0.25, 0.3) is 0 Å². The molecular formula is C15H14O3S. The van der Waals surface area contributed by atoms with Gasteiger partial charge in [0.2, 0.25) is 11.2 Å². The van der Waals surface area contributed by atoms with Gasteiger partial charge in [-0.3, -0.25) is 4.79 Å².